The van der Waals surface area contributed by atoms with E-state index in [1.54, 1.807) is 25.1 Å². The number of hydrogen-bond donors (Lipinski definition) is 0. The third-order valence-electron chi connectivity index (χ3n) is 6.36. The number of nitrogens with zero attached hydrogens (tertiary/aromatic N) is 2. The van der Waals surface area contributed by atoms with Gasteiger partial charge < -0.3 is 4.74 Å². The maximum Gasteiger partial charge on any atom is 0.270 e. The van der Waals surface area contributed by atoms with Crippen LogP contribution in [0.25, 0.3) is 0 Å². The van der Waals surface area contributed by atoms with Crippen molar-refractivity contribution in [1.29, 1.82) is 0 Å². The largest absolute Gasteiger partial charge is 0.497 e. The Kier molecular flexibility index (Phi) is 5.45. The second kappa shape index (κ2) is 8.00. The normalized spacial score (nSPS) is 18.6. The number of amides is 1. The summed E-state index contributed by atoms with van der Waals surface area (Å²) in [7, 11) is -2.83. The lowest BCUT2D eigenvalue weighted by Gasteiger charge is -2.31. The molecule has 2 atom stereocenters. The second-order valence-electron chi connectivity index (χ2n) is 8.04. The van der Waals surface area contributed by atoms with Crippen LogP contribution in [0, 0.1) is 10.1 Å². The number of sulfonamides is 1. The monoisotopic (exact) mass is 466 g/mol. The van der Waals surface area contributed by atoms with Gasteiger partial charge in [0.25, 0.3) is 21.6 Å². The summed E-state index contributed by atoms with van der Waals surface area (Å²) >= 11 is 0. The van der Waals surface area contributed by atoms with Gasteiger partial charge in [0, 0.05) is 12.1 Å². The SMILES string of the molecule is COc1ccc2c(c1)[C@@](C)([C@H](C)c1ccccc1)C(=O)N2S(=O)(=O)c1ccc([N+](=O)[O-])cc1. The van der Waals surface area contributed by atoms with Gasteiger partial charge >= 0.3 is 0 Å². The molecule has 0 radical (unpaired) electrons. The zero-order valence-corrected chi connectivity index (χ0v) is 19.1. The molecule has 8 nitrogen and oxygen atoms in total. The molecule has 4 rings (SSSR count). The molecule has 0 spiro atoms. The maximum atomic E-state index is 13.9. The average molecular weight is 467 g/mol. The van der Waals surface area contributed by atoms with Gasteiger partial charge in [0.05, 0.1) is 28.0 Å². The predicted octanol–water partition coefficient (Wildman–Crippen LogP) is 4.40. The summed E-state index contributed by atoms with van der Waals surface area (Å²) in [5, 5.41) is 11.0. The highest BCUT2D eigenvalue weighted by Gasteiger charge is 2.55. The summed E-state index contributed by atoms with van der Waals surface area (Å²) in [6.45, 7) is 3.62. The number of non-ortho nitro benzene ring substituents is 1. The standard InChI is InChI=1S/C24H22N2O6S/c1-16(17-7-5-4-6-8-17)24(2)21-15-19(32-3)11-14-22(21)25(23(24)27)33(30,31)20-12-9-18(10-13-20)26(28)29/h4-16H,1-3H3/t16-,24-/m1/s1. The minimum Gasteiger partial charge on any atom is -0.497 e. The Morgan fingerprint density at radius 3 is 2.24 bits per heavy atom. The van der Waals surface area contributed by atoms with Crippen molar-refractivity contribution in [2.75, 3.05) is 11.4 Å². The Morgan fingerprint density at radius 1 is 1.03 bits per heavy atom. The third kappa shape index (κ3) is 3.45. The molecule has 1 amide bonds. The molecule has 33 heavy (non-hydrogen) atoms. The van der Waals surface area contributed by atoms with Crippen LogP contribution in [-0.2, 0) is 20.2 Å². The highest BCUT2D eigenvalue weighted by Crippen LogP contribution is 2.52. The quantitative estimate of drug-likeness (QED) is 0.394. The van der Waals surface area contributed by atoms with Gasteiger partial charge in [0.15, 0.2) is 0 Å². The Bertz CT molecular complexity index is 1340. The van der Waals surface area contributed by atoms with E-state index < -0.39 is 26.3 Å². The molecular weight excluding hydrogens is 444 g/mol. The van der Waals surface area contributed by atoms with Gasteiger partial charge in [-0.2, -0.15) is 0 Å². The molecule has 0 N–H and O–H groups in total. The van der Waals surface area contributed by atoms with E-state index in [9.17, 15) is 23.3 Å². The molecule has 9 heteroatoms. The first-order chi connectivity index (χ1) is 15.6. The Morgan fingerprint density at radius 2 is 1.67 bits per heavy atom. The molecule has 170 valence electrons. The van der Waals surface area contributed by atoms with Crippen LogP contribution in [0.4, 0.5) is 11.4 Å². The van der Waals surface area contributed by atoms with E-state index in [4.69, 9.17) is 4.74 Å². The van der Waals surface area contributed by atoms with E-state index >= 15 is 0 Å². The zero-order valence-electron chi connectivity index (χ0n) is 18.3. The molecule has 0 bridgehead atoms. The van der Waals surface area contributed by atoms with Gasteiger partial charge in [0.2, 0.25) is 0 Å². The van der Waals surface area contributed by atoms with Crippen molar-refractivity contribution in [2.45, 2.75) is 30.1 Å². The second-order valence-corrected chi connectivity index (χ2v) is 9.83. The molecule has 3 aromatic carbocycles. The first-order valence-electron chi connectivity index (χ1n) is 10.2. The van der Waals surface area contributed by atoms with Crippen molar-refractivity contribution in [2.24, 2.45) is 0 Å². The van der Waals surface area contributed by atoms with Crippen LogP contribution < -0.4 is 9.04 Å². The Labute approximate surface area is 191 Å². The first kappa shape index (κ1) is 22.5. The number of anilines is 1. The number of carbonyl (C=O) groups excluding carboxylic acids is 1. The van der Waals surface area contributed by atoms with Crippen molar-refractivity contribution in [3.63, 3.8) is 0 Å². The topological polar surface area (TPSA) is 107 Å². The fraction of sp³-hybridized carbons (Fsp3) is 0.208. The number of ether oxygens (including phenoxy) is 1. The molecule has 0 saturated heterocycles. The smallest absolute Gasteiger partial charge is 0.270 e. The highest BCUT2D eigenvalue weighted by atomic mass is 32.2. The van der Waals surface area contributed by atoms with Crippen molar-refractivity contribution in [1.82, 2.24) is 0 Å². The van der Waals surface area contributed by atoms with E-state index in [1.807, 2.05) is 37.3 Å². The average Bonchev–Trinajstić information content (AvgIpc) is 3.06. The number of nitro benzene ring substituents is 1. The number of nitro groups is 1. The molecule has 3 aromatic rings. The third-order valence-corrected chi connectivity index (χ3v) is 8.07. The zero-order chi connectivity index (χ0) is 24.0. The number of methoxy groups -OCH3 is 1. The molecular formula is C24H22N2O6S. The lowest BCUT2D eigenvalue weighted by Crippen LogP contribution is -2.44. The van der Waals surface area contributed by atoms with Crippen LogP contribution in [-0.4, -0.2) is 26.4 Å². The van der Waals surface area contributed by atoms with Crippen LogP contribution >= 0.6 is 0 Å². The minimum absolute atomic E-state index is 0.208. The Hall–Kier alpha value is -3.72. The summed E-state index contributed by atoms with van der Waals surface area (Å²) in [4.78, 5) is 24.0. The predicted molar refractivity (Wildman–Crippen MR) is 123 cm³/mol. The van der Waals surface area contributed by atoms with Crippen LogP contribution in [0.5, 0.6) is 5.75 Å². The molecule has 0 aliphatic carbocycles. The number of carbonyl (C=O) groups is 1. The molecule has 0 unspecified atom stereocenters. The lowest BCUT2D eigenvalue weighted by molar-refractivity contribution is -0.384. The summed E-state index contributed by atoms with van der Waals surface area (Å²) in [6.07, 6.45) is 0. The molecule has 1 aliphatic heterocycles. The fourth-order valence-corrected chi connectivity index (χ4v) is 5.77. The van der Waals surface area contributed by atoms with E-state index in [-0.39, 0.29) is 22.2 Å². The molecule has 0 aromatic heterocycles. The molecule has 0 saturated carbocycles. The van der Waals surface area contributed by atoms with Crippen molar-refractivity contribution in [3.05, 3.63) is 94.0 Å². The van der Waals surface area contributed by atoms with E-state index in [0.29, 0.717) is 11.3 Å². The summed E-state index contributed by atoms with van der Waals surface area (Å²) in [5.41, 5.74) is 0.225. The first-order valence-corrected chi connectivity index (χ1v) is 11.6. The summed E-state index contributed by atoms with van der Waals surface area (Å²) in [5.74, 6) is -0.447. The van der Waals surface area contributed by atoms with Gasteiger partial charge in [-0.15, -0.1) is 0 Å². The van der Waals surface area contributed by atoms with Gasteiger partial charge in [-0.1, -0.05) is 37.3 Å². The molecule has 1 heterocycles. The molecule has 0 fully saturated rings. The van der Waals surface area contributed by atoms with E-state index in [1.165, 1.54) is 7.11 Å². The van der Waals surface area contributed by atoms with Gasteiger partial charge in [0.1, 0.15) is 5.75 Å². The van der Waals surface area contributed by atoms with Crippen molar-refractivity contribution >= 4 is 27.3 Å². The number of benzene rings is 3. The lowest BCUT2D eigenvalue weighted by atomic mass is 9.70. The van der Waals surface area contributed by atoms with Gasteiger partial charge in [-0.3, -0.25) is 14.9 Å². The maximum absolute atomic E-state index is 13.9. The van der Waals surface area contributed by atoms with E-state index in [2.05, 4.69) is 0 Å². The Balaban J connectivity index is 1.89. The fourth-order valence-electron chi connectivity index (χ4n) is 4.25. The highest BCUT2D eigenvalue weighted by molar-refractivity contribution is 7.93. The summed E-state index contributed by atoms with van der Waals surface area (Å²) in [6, 6.07) is 18.7. The molecule has 1 aliphatic rings. The van der Waals surface area contributed by atoms with Gasteiger partial charge in [-0.25, -0.2) is 12.7 Å². The van der Waals surface area contributed by atoms with Gasteiger partial charge in [-0.05, 0) is 54.3 Å². The number of rotatable bonds is 6. The van der Waals surface area contributed by atoms with Crippen LogP contribution in [0.1, 0.15) is 30.9 Å². The van der Waals surface area contributed by atoms with Crippen molar-refractivity contribution in [3.8, 4) is 5.75 Å². The van der Waals surface area contributed by atoms with Crippen LogP contribution in [0.3, 0.4) is 0 Å². The van der Waals surface area contributed by atoms with Crippen molar-refractivity contribution < 1.29 is 22.9 Å². The van der Waals surface area contributed by atoms with E-state index in [0.717, 1.165) is 34.1 Å². The van der Waals surface area contributed by atoms with Crippen LogP contribution in [0.2, 0.25) is 0 Å². The summed E-state index contributed by atoms with van der Waals surface area (Å²) < 4.78 is 33.3. The van der Waals surface area contributed by atoms with Crippen LogP contribution in [0.15, 0.2) is 77.7 Å². The number of fused-ring (bicyclic) bond motifs is 1. The number of hydrogen-bond acceptors (Lipinski definition) is 6. The minimum atomic E-state index is -4.33.